The lowest BCUT2D eigenvalue weighted by Gasteiger charge is -2.33. The molecule has 1 N–H and O–H groups in total. The number of carbonyl (C=O) groups excluding carboxylic acids is 2. The molecule has 0 bridgehead atoms. The van der Waals surface area contributed by atoms with Crippen LogP contribution in [0.2, 0.25) is 5.02 Å². The zero-order chi connectivity index (χ0) is 29.4. The molecule has 0 fully saturated rings. The number of rotatable bonds is 11. The van der Waals surface area contributed by atoms with Gasteiger partial charge in [0.2, 0.25) is 11.8 Å². The first-order chi connectivity index (χ1) is 19.7. The number of halogens is 1. The van der Waals surface area contributed by atoms with E-state index in [0.29, 0.717) is 10.7 Å². The molecule has 0 aliphatic carbocycles. The van der Waals surface area contributed by atoms with Crippen LogP contribution in [0.5, 0.6) is 0 Å². The van der Waals surface area contributed by atoms with Crippen molar-refractivity contribution in [2.75, 3.05) is 17.9 Å². The number of aryl methyl sites for hydroxylation is 1. The Morgan fingerprint density at radius 2 is 1.37 bits per heavy atom. The minimum Gasteiger partial charge on any atom is -0.357 e. The van der Waals surface area contributed by atoms with Gasteiger partial charge in [0.1, 0.15) is 12.6 Å². The zero-order valence-corrected chi connectivity index (χ0v) is 24.5. The van der Waals surface area contributed by atoms with E-state index >= 15 is 0 Å². The molecule has 0 aliphatic heterocycles. The van der Waals surface area contributed by atoms with Gasteiger partial charge in [-0.25, -0.2) is 8.42 Å². The van der Waals surface area contributed by atoms with Gasteiger partial charge in [0.15, 0.2) is 0 Å². The molecule has 4 aromatic carbocycles. The van der Waals surface area contributed by atoms with Crippen molar-refractivity contribution in [1.82, 2.24) is 10.2 Å². The summed E-state index contributed by atoms with van der Waals surface area (Å²) in [6, 6.07) is 30.6. The first kappa shape index (κ1) is 29.8. The Morgan fingerprint density at radius 1 is 0.805 bits per heavy atom. The van der Waals surface area contributed by atoms with Gasteiger partial charge < -0.3 is 10.2 Å². The highest BCUT2D eigenvalue weighted by molar-refractivity contribution is 7.92. The van der Waals surface area contributed by atoms with Gasteiger partial charge in [-0.15, -0.1) is 0 Å². The predicted molar refractivity (Wildman–Crippen MR) is 162 cm³/mol. The van der Waals surface area contributed by atoms with Crippen LogP contribution in [0.1, 0.15) is 16.7 Å². The van der Waals surface area contributed by atoms with Gasteiger partial charge in [-0.2, -0.15) is 0 Å². The monoisotopic (exact) mass is 589 g/mol. The highest BCUT2D eigenvalue weighted by atomic mass is 35.5. The summed E-state index contributed by atoms with van der Waals surface area (Å²) < 4.78 is 28.9. The van der Waals surface area contributed by atoms with Gasteiger partial charge in [0.25, 0.3) is 10.0 Å². The maximum absolute atomic E-state index is 14.2. The standard InChI is InChI=1S/C32H32ClN3O4S/c1-24-13-17-28(18-14-24)36(41(39,40)29-19-15-27(33)16-20-29)23-31(37)35(22-26-11-7-4-8-12-26)30(32(38)34-2)21-25-9-5-3-6-10-25/h3-20,30H,21-23H2,1-2H3,(H,34,38)/t30-/m1/s1. The number of hydrogen-bond acceptors (Lipinski definition) is 4. The largest absolute Gasteiger partial charge is 0.357 e. The molecule has 4 aromatic rings. The van der Waals surface area contributed by atoms with E-state index in [1.807, 2.05) is 67.6 Å². The number of anilines is 1. The van der Waals surface area contributed by atoms with Crippen LogP contribution in [0.3, 0.4) is 0 Å². The van der Waals surface area contributed by atoms with Crippen LogP contribution >= 0.6 is 11.6 Å². The molecule has 7 nitrogen and oxygen atoms in total. The number of carbonyl (C=O) groups is 2. The van der Waals surface area contributed by atoms with Crippen molar-refractivity contribution in [3.63, 3.8) is 0 Å². The predicted octanol–water partition coefficient (Wildman–Crippen LogP) is 5.23. The van der Waals surface area contributed by atoms with Gasteiger partial charge in [0, 0.05) is 25.0 Å². The smallest absolute Gasteiger partial charge is 0.264 e. The molecule has 2 amide bonds. The summed E-state index contributed by atoms with van der Waals surface area (Å²) in [6.45, 7) is 1.50. The summed E-state index contributed by atoms with van der Waals surface area (Å²) in [4.78, 5) is 28.9. The molecule has 0 spiro atoms. The zero-order valence-electron chi connectivity index (χ0n) is 22.9. The molecule has 0 unspecified atom stereocenters. The first-order valence-electron chi connectivity index (χ1n) is 13.1. The van der Waals surface area contributed by atoms with Crippen LogP contribution in [-0.2, 0) is 32.6 Å². The van der Waals surface area contributed by atoms with Crippen molar-refractivity contribution in [2.45, 2.75) is 30.8 Å². The number of hydrogen-bond donors (Lipinski definition) is 1. The average molecular weight is 590 g/mol. The van der Waals surface area contributed by atoms with Crippen LogP contribution in [-0.4, -0.2) is 44.8 Å². The Kier molecular flexibility index (Phi) is 9.81. The summed E-state index contributed by atoms with van der Waals surface area (Å²) >= 11 is 6.02. The quantitative estimate of drug-likeness (QED) is 0.260. The van der Waals surface area contributed by atoms with E-state index in [2.05, 4.69) is 5.32 Å². The molecule has 4 rings (SSSR count). The van der Waals surface area contributed by atoms with Crippen LogP contribution in [0.15, 0.2) is 114 Å². The van der Waals surface area contributed by atoms with E-state index in [-0.39, 0.29) is 23.8 Å². The van der Waals surface area contributed by atoms with Crippen LogP contribution < -0.4 is 9.62 Å². The third-order valence-corrected chi connectivity index (χ3v) is 8.76. The molecule has 0 saturated carbocycles. The third kappa shape index (κ3) is 7.54. The number of amides is 2. The normalized spacial score (nSPS) is 11.9. The number of likely N-dealkylation sites (N-methyl/N-ethyl adjacent to an activating group) is 1. The van der Waals surface area contributed by atoms with Gasteiger partial charge in [0.05, 0.1) is 10.6 Å². The highest BCUT2D eigenvalue weighted by Crippen LogP contribution is 2.26. The lowest BCUT2D eigenvalue weighted by molar-refractivity contribution is -0.139. The molecule has 9 heteroatoms. The topological polar surface area (TPSA) is 86.8 Å². The molecule has 0 heterocycles. The molecule has 0 saturated heterocycles. The molecule has 212 valence electrons. The van der Waals surface area contributed by atoms with Crippen molar-refractivity contribution in [2.24, 2.45) is 0 Å². The van der Waals surface area contributed by atoms with Crippen molar-refractivity contribution < 1.29 is 18.0 Å². The second kappa shape index (κ2) is 13.5. The molecular weight excluding hydrogens is 558 g/mol. The number of nitrogens with one attached hydrogen (secondary N) is 1. The molecule has 1 atom stereocenters. The van der Waals surface area contributed by atoms with Crippen LogP contribution in [0, 0.1) is 6.92 Å². The Morgan fingerprint density at radius 3 is 1.93 bits per heavy atom. The molecule has 0 radical (unpaired) electrons. The fraction of sp³-hybridized carbons (Fsp3) is 0.188. The lowest BCUT2D eigenvalue weighted by atomic mass is 10.0. The highest BCUT2D eigenvalue weighted by Gasteiger charge is 2.34. The number of sulfonamides is 1. The first-order valence-corrected chi connectivity index (χ1v) is 14.9. The molecule has 0 aliphatic rings. The molecule has 0 aromatic heterocycles. The number of nitrogens with zero attached hydrogens (tertiary/aromatic N) is 2. The summed E-state index contributed by atoms with van der Waals surface area (Å²) in [5, 5.41) is 3.08. The second-order valence-corrected chi connectivity index (χ2v) is 11.9. The fourth-order valence-electron chi connectivity index (χ4n) is 4.47. The summed E-state index contributed by atoms with van der Waals surface area (Å²) in [5.74, 6) is -0.864. The van der Waals surface area contributed by atoms with Crippen LogP contribution in [0.25, 0.3) is 0 Å². The summed E-state index contributed by atoms with van der Waals surface area (Å²) in [7, 11) is -2.65. The Hall–Kier alpha value is -4.14. The van der Waals surface area contributed by atoms with E-state index < -0.39 is 28.5 Å². The van der Waals surface area contributed by atoms with Crippen molar-refractivity contribution in [3.8, 4) is 0 Å². The van der Waals surface area contributed by atoms with Gasteiger partial charge in [-0.05, 0) is 54.4 Å². The number of benzene rings is 4. The summed E-state index contributed by atoms with van der Waals surface area (Å²) in [5.41, 5.74) is 2.96. The van der Waals surface area contributed by atoms with Gasteiger partial charge in [-0.3, -0.25) is 13.9 Å². The van der Waals surface area contributed by atoms with E-state index in [1.165, 1.54) is 36.2 Å². The van der Waals surface area contributed by atoms with Crippen molar-refractivity contribution in [3.05, 3.63) is 131 Å². The second-order valence-electron chi connectivity index (χ2n) is 9.63. The summed E-state index contributed by atoms with van der Waals surface area (Å²) in [6.07, 6.45) is 0.257. The van der Waals surface area contributed by atoms with E-state index in [9.17, 15) is 18.0 Å². The maximum Gasteiger partial charge on any atom is 0.264 e. The van der Waals surface area contributed by atoms with Gasteiger partial charge in [-0.1, -0.05) is 90.0 Å². The Balaban J connectivity index is 1.77. The van der Waals surface area contributed by atoms with E-state index in [0.717, 1.165) is 21.0 Å². The lowest BCUT2D eigenvalue weighted by Crippen LogP contribution is -2.53. The van der Waals surface area contributed by atoms with Crippen molar-refractivity contribution >= 4 is 39.1 Å². The van der Waals surface area contributed by atoms with Crippen molar-refractivity contribution in [1.29, 1.82) is 0 Å². The Bertz CT molecular complexity index is 1560. The fourth-order valence-corrected chi connectivity index (χ4v) is 6.01. The van der Waals surface area contributed by atoms with E-state index in [1.54, 1.807) is 24.3 Å². The van der Waals surface area contributed by atoms with Gasteiger partial charge >= 0.3 is 0 Å². The molecule has 41 heavy (non-hydrogen) atoms. The maximum atomic E-state index is 14.2. The van der Waals surface area contributed by atoms with Crippen LogP contribution in [0.4, 0.5) is 5.69 Å². The minimum absolute atomic E-state index is 0.00276. The Labute approximate surface area is 246 Å². The SMILES string of the molecule is CNC(=O)[C@@H](Cc1ccccc1)N(Cc1ccccc1)C(=O)CN(c1ccc(C)cc1)S(=O)(=O)c1ccc(Cl)cc1. The minimum atomic E-state index is -4.17. The van der Waals surface area contributed by atoms with E-state index in [4.69, 9.17) is 11.6 Å². The average Bonchev–Trinajstić information content (AvgIpc) is 2.99. The third-order valence-electron chi connectivity index (χ3n) is 6.72. The molecular formula is C32H32ClN3O4S.